The molecule has 0 aromatic heterocycles. The normalized spacial score (nSPS) is 12.4. The molecule has 0 saturated heterocycles. The minimum atomic E-state index is -0.533. The summed E-state index contributed by atoms with van der Waals surface area (Å²) in [5.41, 5.74) is 0.682. The minimum Gasteiger partial charge on any atom is -0.508 e. The Kier molecular flexibility index (Phi) is 4.29. The number of phenolic OH excluding ortho intramolecular Hbond substituents is 1. The van der Waals surface area contributed by atoms with Gasteiger partial charge in [0.1, 0.15) is 23.2 Å². The molecule has 0 aliphatic heterocycles. The molecule has 0 amide bonds. The van der Waals surface area contributed by atoms with Crippen molar-refractivity contribution in [2.24, 2.45) is 0 Å². The van der Waals surface area contributed by atoms with Crippen molar-refractivity contribution in [1.29, 1.82) is 0 Å². The Balaban J connectivity index is 2.08. The predicted octanol–water partition coefficient (Wildman–Crippen LogP) is 3.66. The van der Waals surface area contributed by atoms with Crippen molar-refractivity contribution in [3.05, 3.63) is 65.0 Å². The first-order valence-corrected chi connectivity index (χ1v) is 6.13. The van der Waals surface area contributed by atoms with Crippen molar-refractivity contribution >= 4 is 0 Å². The zero-order valence-corrected chi connectivity index (χ0v) is 10.8. The average molecular weight is 281 g/mol. The number of halogens is 3. The summed E-state index contributed by atoms with van der Waals surface area (Å²) in [6.07, 6.45) is 0. The van der Waals surface area contributed by atoms with Gasteiger partial charge in [-0.1, -0.05) is 6.07 Å². The minimum absolute atomic E-state index is 0.0988. The molecule has 0 heterocycles. The van der Waals surface area contributed by atoms with Crippen molar-refractivity contribution in [2.75, 3.05) is 0 Å². The van der Waals surface area contributed by atoms with Crippen LogP contribution in [0.25, 0.3) is 0 Å². The van der Waals surface area contributed by atoms with Crippen LogP contribution < -0.4 is 5.32 Å². The van der Waals surface area contributed by atoms with Gasteiger partial charge in [-0.3, -0.25) is 0 Å². The van der Waals surface area contributed by atoms with E-state index < -0.39 is 17.5 Å². The Morgan fingerprint density at radius 1 is 1.05 bits per heavy atom. The number of rotatable bonds is 4. The summed E-state index contributed by atoms with van der Waals surface area (Å²) >= 11 is 0. The number of hydrogen-bond acceptors (Lipinski definition) is 2. The van der Waals surface area contributed by atoms with E-state index in [2.05, 4.69) is 5.32 Å². The third-order valence-corrected chi connectivity index (χ3v) is 3.07. The second-order valence-corrected chi connectivity index (χ2v) is 4.54. The summed E-state index contributed by atoms with van der Waals surface area (Å²) < 4.78 is 39.4. The maximum Gasteiger partial charge on any atom is 0.127 e. The lowest BCUT2D eigenvalue weighted by Crippen LogP contribution is -2.19. The molecule has 5 heteroatoms. The largest absolute Gasteiger partial charge is 0.508 e. The molecule has 1 atom stereocenters. The summed E-state index contributed by atoms with van der Waals surface area (Å²) in [4.78, 5) is 0. The molecule has 0 saturated carbocycles. The van der Waals surface area contributed by atoms with E-state index >= 15 is 0 Å². The van der Waals surface area contributed by atoms with E-state index in [4.69, 9.17) is 0 Å². The predicted molar refractivity (Wildman–Crippen MR) is 69.7 cm³/mol. The highest BCUT2D eigenvalue weighted by atomic mass is 19.1. The molecule has 0 bridgehead atoms. The molecular weight excluding hydrogens is 267 g/mol. The maximum atomic E-state index is 13.4. The molecular formula is C15H14F3NO. The molecule has 2 N–H and O–H groups in total. The SMILES string of the molecule is CC(NCc1cc(F)ccc1F)c1ccc(F)cc1O. The molecule has 0 spiro atoms. The standard InChI is InChI=1S/C15H14F3NO/c1-9(13-4-2-12(17)7-15(13)20)19-8-10-6-11(16)3-5-14(10)18/h2-7,9,19-20H,8H2,1H3. The smallest absolute Gasteiger partial charge is 0.127 e. The van der Waals surface area contributed by atoms with E-state index in [1.807, 2.05) is 0 Å². The zero-order valence-electron chi connectivity index (χ0n) is 10.8. The molecule has 2 aromatic rings. The van der Waals surface area contributed by atoms with Crippen LogP contribution in [-0.4, -0.2) is 5.11 Å². The van der Waals surface area contributed by atoms with Crippen LogP contribution in [0.15, 0.2) is 36.4 Å². The van der Waals surface area contributed by atoms with Crippen molar-refractivity contribution in [2.45, 2.75) is 19.5 Å². The quantitative estimate of drug-likeness (QED) is 0.896. The van der Waals surface area contributed by atoms with E-state index in [0.717, 1.165) is 24.3 Å². The van der Waals surface area contributed by atoms with Crippen molar-refractivity contribution in [1.82, 2.24) is 5.32 Å². The molecule has 2 nitrogen and oxygen atoms in total. The summed E-state index contributed by atoms with van der Waals surface area (Å²) in [6.45, 7) is 1.84. The van der Waals surface area contributed by atoms with E-state index in [9.17, 15) is 18.3 Å². The van der Waals surface area contributed by atoms with Gasteiger partial charge in [0, 0.05) is 29.8 Å². The van der Waals surface area contributed by atoms with Gasteiger partial charge >= 0.3 is 0 Å². The third-order valence-electron chi connectivity index (χ3n) is 3.07. The fraction of sp³-hybridized carbons (Fsp3) is 0.200. The van der Waals surface area contributed by atoms with E-state index in [1.165, 1.54) is 12.1 Å². The van der Waals surface area contributed by atoms with Gasteiger partial charge in [-0.05, 0) is 31.2 Å². The highest BCUT2D eigenvalue weighted by molar-refractivity contribution is 5.35. The Bertz CT molecular complexity index is 616. The molecule has 0 aliphatic rings. The van der Waals surface area contributed by atoms with Gasteiger partial charge in [-0.2, -0.15) is 0 Å². The molecule has 0 fully saturated rings. The summed E-state index contributed by atoms with van der Waals surface area (Å²) in [5.74, 6) is -1.73. The Labute approximate surface area is 114 Å². The van der Waals surface area contributed by atoms with Crippen LogP contribution in [0.2, 0.25) is 0 Å². The van der Waals surface area contributed by atoms with Crippen LogP contribution in [0.1, 0.15) is 24.1 Å². The number of aromatic hydroxyl groups is 1. The number of benzene rings is 2. The third kappa shape index (κ3) is 3.30. The van der Waals surface area contributed by atoms with Gasteiger partial charge in [-0.25, -0.2) is 13.2 Å². The van der Waals surface area contributed by atoms with Crippen molar-refractivity contribution in [3.63, 3.8) is 0 Å². The summed E-state index contributed by atoms with van der Waals surface area (Å²) in [7, 11) is 0. The summed E-state index contributed by atoms with van der Waals surface area (Å²) in [6, 6.07) is 6.58. The highest BCUT2D eigenvalue weighted by Crippen LogP contribution is 2.25. The highest BCUT2D eigenvalue weighted by Gasteiger charge is 2.12. The first-order valence-electron chi connectivity index (χ1n) is 6.13. The molecule has 1 unspecified atom stereocenters. The van der Waals surface area contributed by atoms with E-state index in [1.54, 1.807) is 6.92 Å². The fourth-order valence-corrected chi connectivity index (χ4v) is 1.93. The molecule has 2 aromatic carbocycles. The fourth-order valence-electron chi connectivity index (χ4n) is 1.93. The number of phenols is 1. The van der Waals surface area contributed by atoms with Gasteiger partial charge < -0.3 is 10.4 Å². The van der Waals surface area contributed by atoms with Gasteiger partial charge in [0.15, 0.2) is 0 Å². The Morgan fingerprint density at radius 2 is 1.70 bits per heavy atom. The van der Waals surface area contributed by atoms with Crippen LogP contribution in [0.4, 0.5) is 13.2 Å². The lowest BCUT2D eigenvalue weighted by Gasteiger charge is -2.16. The van der Waals surface area contributed by atoms with Gasteiger partial charge in [0.25, 0.3) is 0 Å². The monoisotopic (exact) mass is 281 g/mol. The van der Waals surface area contributed by atoms with Crippen LogP contribution >= 0.6 is 0 Å². The van der Waals surface area contributed by atoms with Crippen molar-refractivity contribution < 1.29 is 18.3 Å². The zero-order chi connectivity index (χ0) is 14.7. The number of nitrogens with one attached hydrogen (secondary N) is 1. The molecule has 20 heavy (non-hydrogen) atoms. The second kappa shape index (κ2) is 5.96. The van der Waals surface area contributed by atoms with Gasteiger partial charge in [0.05, 0.1) is 0 Å². The van der Waals surface area contributed by atoms with E-state index in [-0.39, 0.29) is 23.9 Å². The maximum absolute atomic E-state index is 13.4. The topological polar surface area (TPSA) is 32.3 Å². The molecule has 0 aliphatic carbocycles. The number of hydrogen-bond donors (Lipinski definition) is 2. The second-order valence-electron chi connectivity index (χ2n) is 4.54. The first-order chi connectivity index (χ1) is 9.47. The Morgan fingerprint density at radius 3 is 2.40 bits per heavy atom. The average Bonchev–Trinajstić information content (AvgIpc) is 2.39. The summed E-state index contributed by atoms with van der Waals surface area (Å²) in [5, 5.41) is 12.6. The van der Waals surface area contributed by atoms with Gasteiger partial charge in [-0.15, -0.1) is 0 Å². The van der Waals surface area contributed by atoms with Crippen LogP contribution in [0, 0.1) is 17.5 Å². The molecule has 106 valence electrons. The molecule has 0 radical (unpaired) electrons. The molecule has 2 rings (SSSR count). The van der Waals surface area contributed by atoms with Gasteiger partial charge in [0.2, 0.25) is 0 Å². The Hall–Kier alpha value is -2.01. The van der Waals surface area contributed by atoms with Crippen LogP contribution in [0.3, 0.4) is 0 Å². The van der Waals surface area contributed by atoms with Crippen molar-refractivity contribution in [3.8, 4) is 5.75 Å². The first kappa shape index (κ1) is 14.4. The van der Waals surface area contributed by atoms with E-state index in [0.29, 0.717) is 5.56 Å². The van der Waals surface area contributed by atoms with Crippen LogP contribution in [0.5, 0.6) is 5.75 Å². The lowest BCUT2D eigenvalue weighted by molar-refractivity contribution is 0.445. The lowest BCUT2D eigenvalue weighted by atomic mass is 10.1. The van der Waals surface area contributed by atoms with Crippen LogP contribution in [-0.2, 0) is 6.54 Å².